The summed E-state index contributed by atoms with van der Waals surface area (Å²) in [4.78, 5) is 19.1. The van der Waals surface area contributed by atoms with E-state index in [1.54, 1.807) is 36.5 Å². The van der Waals surface area contributed by atoms with Crippen LogP contribution in [0.4, 0.5) is 4.39 Å². The van der Waals surface area contributed by atoms with Crippen molar-refractivity contribution < 1.29 is 9.18 Å². The van der Waals surface area contributed by atoms with E-state index >= 15 is 0 Å². The molecule has 5 nitrogen and oxygen atoms in total. The van der Waals surface area contributed by atoms with Gasteiger partial charge in [0.15, 0.2) is 0 Å². The van der Waals surface area contributed by atoms with Gasteiger partial charge in [0.25, 0.3) is 5.91 Å². The van der Waals surface area contributed by atoms with Crippen molar-refractivity contribution >= 4 is 5.91 Å². The Morgan fingerprint density at radius 2 is 2.11 bits per heavy atom. The van der Waals surface area contributed by atoms with Crippen LogP contribution in [-0.2, 0) is 0 Å². The number of carbonyl (C=O) groups excluding carboxylic acids is 1. The van der Waals surface area contributed by atoms with E-state index in [-0.39, 0.29) is 17.8 Å². The summed E-state index contributed by atoms with van der Waals surface area (Å²) in [6.07, 6.45) is 7.91. The van der Waals surface area contributed by atoms with Crippen LogP contribution in [-0.4, -0.2) is 33.0 Å². The van der Waals surface area contributed by atoms with E-state index in [4.69, 9.17) is 0 Å². The van der Waals surface area contributed by atoms with Gasteiger partial charge in [-0.2, -0.15) is 5.10 Å². The maximum absolute atomic E-state index is 13.6. The van der Waals surface area contributed by atoms with E-state index < -0.39 is 0 Å². The van der Waals surface area contributed by atoms with Gasteiger partial charge in [-0.05, 0) is 30.2 Å². The Kier molecular flexibility index (Phi) is 5.96. The molecular formula is C21H23FN4O. The number of nitrogens with zero attached hydrogens (tertiary/aromatic N) is 3. The topological polar surface area (TPSA) is 61.9 Å². The van der Waals surface area contributed by atoms with Gasteiger partial charge in [-0.3, -0.25) is 14.9 Å². The third kappa shape index (κ3) is 4.22. The molecule has 0 fully saturated rings. The number of benzene rings is 1. The average molecular weight is 366 g/mol. The highest BCUT2D eigenvalue weighted by atomic mass is 19.1. The van der Waals surface area contributed by atoms with Gasteiger partial charge >= 0.3 is 0 Å². The summed E-state index contributed by atoms with van der Waals surface area (Å²) in [7, 11) is 1.79. The van der Waals surface area contributed by atoms with E-state index in [0.29, 0.717) is 16.8 Å². The Balaban J connectivity index is 1.91. The number of hydrogen-bond donors (Lipinski definition) is 1. The molecule has 0 radical (unpaired) electrons. The zero-order valence-corrected chi connectivity index (χ0v) is 15.5. The number of rotatable bonds is 7. The van der Waals surface area contributed by atoms with E-state index in [1.165, 1.54) is 18.3 Å². The molecule has 0 saturated heterocycles. The molecule has 1 amide bonds. The molecule has 2 aromatic heterocycles. The van der Waals surface area contributed by atoms with E-state index in [9.17, 15) is 9.18 Å². The summed E-state index contributed by atoms with van der Waals surface area (Å²) in [6, 6.07) is 9.91. The molecule has 0 aliphatic carbocycles. The highest BCUT2D eigenvalue weighted by molar-refractivity contribution is 5.99. The first kappa shape index (κ1) is 18.8. The normalized spacial score (nSPS) is 12.0. The minimum absolute atomic E-state index is 0.0820. The number of pyridine rings is 1. The molecule has 2 heterocycles. The molecule has 0 aliphatic heterocycles. The Labute approximate surface area is 158 Å². The van der Waals surface area contributed by atoms with Crippen LogP contribution in [0.2, 0.25) is 0 Å². The van der Waals surface area contributed by atoms with Gasteiger partial charge in [-0.1, -0.05) is 38.0 Å². The molecule has 3 rings (SSSR count). The summed E-state index contributed by atoms with van der Waals surface area (Å²) in [5.74, 6) is -0.516. The lowest BCUT2D eigenvalue weighted by Crippen LogP contribution is -2.31. The van der Waals surface area contributed by atoms with Crippen LogP contribution in [0.3, 0.4) is 0 Å². The number of carbonyl (C=O) groups is 1. The number of hydrogen-bond acceptors (Lipinski definition) is 3. The number of nitrogens with one attached hydrogen (secondary N) is 1. The molecule has 0 bridgehead atoms. The number of unbranched alkanes of at least 4 members (excludes halogenated alkanes) is 1. The highest BCUT2D eigenvalue weighted by Crippen LogP contribution is 2.29. The van der Waals surface area contributed by atoms with Crippen LogP contribution in [0, 0.1) is 5.82 Å². The average Bonchev–Trinajstić information content (AvgIpc) is 3.18. The summed E-state index contributed by atoms with van der Waals surface area (Å²) in [5.41, 5.74) is 2.54. The second kappa shape index (κ2) is 8.58. The fourth-order valence-corrected chi connectivity index (χ4v) is 3.20. The zero-order valence-electron chi connectivity index (χ0n) is 15.5. The van der Waals surface area contributed by atoms with E-state index in [2.05, 4.69) is 22.1 Å². The van der Waals surface area contributed by atoms with Crippen LogP contribution >= 0.6 is 0 Å². The van der Waals surface area contributed by atoms with Gasteiger partial charge in [-0.25, -0.2) is 4.39 Å². The number of amides is 1. The molecule has 6 heteroatoms. The Bertz CT molecular complexity index is 894. The first-order valence-electron chi connectivity index (χ1n) is 9.08. The third-order valence-electron chi connectivity index (χ3n) is 4.67. The quantitative estimate of drug-likeness (QED) is 0.664. The van der Waals surface area contributed by atoms with E-state index in [0.717, 1.165) is 24.8 Å². The van der Waals surface area contributed by atoms with Crippen LogP contribution in [0.15, 0.2) is 55.0 Å². The second-order valence-corrected chi connectivity index (χ2v) is 6.53. The predicted molar refractivity (Wildman–Crippen MR) is 103 cm³/mol. The maximum atomic E-state index is 13.6. The molecule has 27 heavy (non-hydrogen) atoms. The van der Waals surface area contributed by atoms with Gasteiger partial charge in [0.05, 0.1) is 23.5 Å². The minimum Gasteiger partial charge on any atom is -0.334 e. The van der Waals surface area contributed by atoms with Crippen molar-refractivity contribution in [2.24, 2.45) is 0 Å². The fourth-order valence-electron chi connectivity index (χ4n) is 3.20. The molecule has 0 spiro atoms. The molecule has 1 N–H and O–H groups in total. The molecule has 0 saturated carbocycles. The number of aromatic nitrogens is 3. The van der Waals surface area contributed by atoms with Crippen molar-refractivity contribution in [3.8, 4) is 11.3 Å². The Morgan fingerprint density at radius 3 is 2.81 bits per heavy atom. The van der Waals surface area contributed by atoms with Crippen molar-refractivity contribution in [1.29, 1.82) is 0 Å². The Morgan fingerprint density at radius 1 is 1.26 bits per heavy atom. The number of aromatic amines is 1. The first-order chi connectivity index (χ1) is 13.1. The summed E-state index contributed by atoms with van der Waals surface area (Å²) in [5, 5.41) is 6.85. The SMILES string of the molecule is CCCCC(c1cccnc1)N(C)C(=O)c1cn[nH]c1-c1cccc(F)c1. The van der Waals surface area contributed by atoms with Crippen LogP contribution in [0.25, 0.3) is 11.3 Å². The van der Waals surface area contributed by atoms with Gasteiger partial charge in [0.1, 0.15) is 5.82 Å². The zero-order chi connectivity index (χ0) is 19.2. The molecule has 1 atom stereocenters. The second-order valence-electron chi connectivity index (χ2n) is 6.53. The summed E-state index contributed by atoms with van der Waals surface area (Å²) in [6.45, 7) is 2.13. The Hall–Kier alpha value is -3.02. The van der Waals surface area contributed by atoms with Crippen molar-refractivity contribution in [3.05, 3.63) is 71.9 Å². The van der Waals surface area contributed by atoms with Gasteiger partial charge < -0.3 is 4.90 Å². The van der Waals surface area contributed by atoms with Crippen molar-refractivity contribution in [1.82, 2.24) is 20.1 Å². The largest absolute Gasteiger partial charge is 0.334 e. The predicted octanol–water partition coefficient (Wildman–Crippen LogP) is 4.61. The lowest BCUT2D eigenvalue weighted by Gasteiger charge is -2.28. The van der Waals surface area contributed by atoms with E-state index in [1.807, 2.05) is 12.1 Å². The van der Waals surface area contributed by atoms with Gasteiger partial charge in [0.2, 0.25) is 0 Å². The molecule has 3 aromatic rings. The molecule has 0 aliphatic rings. The van der Waals surface area contributed by atoms with Crippen LogP contribution in [0.1, 0.15) is 48.1 Å². The van der Waals surface area contributed by atoms with Gasteiger partial charge in [-0.15, -0.1) is 0 Å². The fraction of sp³-hybridized carbons (Fsp3) is 0.286. The van der Waals surface area contributed by atoms with Crippen LogP contribution in [0.5, 0.6) is 0 Å². The van der Waals surface area contributed by atoms with Crippen molar-refractivity contribution in [2.45, 2.75) is 32.2 Å². The summed E-state index contributed by atoms with van der Waals surface area (Å²) >= 11 is 0. The monoisotopic (exact) mass is 366 g/mol. The number of H-pyrrole nitrogens is 1. The maximum Gasteiger partial charge on any atom is 0.257 e. The first-order valence-corrected chi connectivity index (χ1v) is 9.08. The van der Waals surface area contributed by atoms with Crippen LogP contribution < -0.4 is 0 Å². The lowest BCUT2D eigenvalue weighted by atomic mass is 10.00. The molecule has 1 aromatic carbocycles. The smallest absolute Gasteiger partial charge is 0.257 e. The third-order valence-corrected chi connectivity index (χ3v) is 4.67. The van der Waals surface area contributed by atoms with Crippen molar-refractivity contribution in [3.63, 3.8) is 0 Å². The highest BCUT2D eigenvalue weighted by Gasteiger charge is 2.25. The standard InChI is InChI=1S/C21H23FN4O/c1-3-4-10-19(16-8-6-11-23-13-16)26(2)21(27)18-14-24-25-20(18)15-7-5-9-17(22)12-15/h5-9,11-14,19H,3-4,10H2,1-2H3,(H,24,25). The molecule has 1 unspecified atom stereocenters. The van der Waals surface area contributed by atoms with Gasteiger partial charge in [0, 0.05) is 25.0 Å². The molecular weight excluding hydrogens is 343 g/mol. The molecule has 140 valence electrons. The lowest BCUT2D eigenvalue weighted by molar-refractivity contribution is 0.0721. The number of halogens is 1. The minimum atomic E-state index is -0.356. The van der Waals surface area contributed by atoms with Crippen molar-refractivity contribution in [2.75, 3.05) is 7.05 Å². The summed E-state index contributed by atoms with van der Waals surface area (Å²) < 4.78 is 13.6.